The van der Waals surface area contributed by atoms with E-state index < -0.39 is 5.54 Å². The molecule has 0 fully saturated rings. The van der Waals surface area contributed by atoms with Crippen molar-refractivity contribution in [2.75, 3.05) is 5.43 Å². The quantitative estimate of drug-likeness (QED) is 0.250. The van der Waals surface area contributed by atoms with Crippen LogP contribution >= 0.6 is 0 Å². The van der Waals surface area contributed by atoms with E-state index >= 15 is 0 Å². The number of fused-ring (bicyclic) bond motifs is 1. The minimum absolute atomic E-state index is 0.0785. The van der Waals surface area contributed by atoms with Gasteiger partial charge >= 0.3 is 0 Å². The van der Waals surface area contributed by atoms with Crippen molar-refractivity contribution in [3.63, 3.8) is 0 Å². The highest BCUT2D eigenvalue weighted by molar-refractivity contribution is 5.74. The number of rotatable bonds is 8. The Balaban J connectivity index is 1.83. The highest BCUT2D eigenvalue weighted by Crippen LogP contribution is 2.37. The minimum atomic E-state index is -0.921. The van der Waals surface area contributed by atoms with Crippen LogP contribution < -0.4 is 16.3 Å². The van der Waals surface area contributed by atoms with Crippen LogP contribution in [0, 0.1) is 0 Å². The Hall–Kier alpha value is -4.65. The third kappa shape index (κ3) is 3.63. The fourth-order valence-electron chi connectivity index (χ4n) is 4.34. The molecule has 2 aromatic heterocycles. The molecule has 7 heteroatoms. The summed E-state index contributed by atoms with van der Waals surface area (Å²) in [5.41, 5.74) is 5.67. The maximum absolute atomic E-state index is 13.7. The monoisotopic (exact) mass is 449 g/mol. The molecule has 0 unspecified atom stereocenters. The molecule has 5 aromatic rings. The Morgan fingerprint density at radius 3 is 1.85 bits per heavy atom. The molecule has 34 heavy (non-hydrogen) atoms. The molecule has 0 radical (unpaired) electrons. The predicted molar refractivity (Wildman–Crippen MR) is 132 cm³/mol. The first-order valence-electron chi connectivity index (χ1n) is 10.9. The van der Waals surface area contributed by atoms with Crippen LogP contribution in [0.2, 0.25) is 0 Å². The van der Waals surface area contributed by atoms with Gasteiger partial charge in [-0.15, -0.1) is 0 Å². The smallest absolute Gasteiger partial charge is 0.281 e. The number of amides is 1. The number of aromatic nitrogens is 3. The summed E-state index contributed by atoms with van der Waals surface area (Å²) in [6.45, 7) is 0.0785. The molecule has 0 bridgehead atoms. The predicted octanol–water partition coefficient (Wildman–Crippen LogP) is 3.51. The van der Waals surface area contributed by atoms with Crippen molar-refractivity contribution in [1.29, 1.82) is 0 Å². The summed E-state index contributed by atoms with van der Waals surface area (Å²) in [6, 6.07) is 31.6. The Kier molecular flexibility index (Phi) is 5.66. The molecular weight excluding hydrogens is 426 g/mol. The van der Waals surface area contributed by atoms with Gasteiger partial charge in [-0.1, -0.05) is 91.0 Å². The Morgan fingerprint density at radius 1 is 0.824 bits per heavy atom. The van der Waals surface area contributed by atoms with Gasteiger partial charge in [0, 0.05) is 6.20 Å². The van der Waals surface area contributed by atoms with E-state index in [1.165, 1.54) is 4.68 Å². The number of nitrogens with one attached hydrogen (secondary N) is 3. The van der Waals surface area contributed by atoms with Crippen LogP contribution in [0.4, 0.5) is 0 Å². The number of hydrogen-bond donors (Lipinski definition) is 3. The molecular formula is C27H23N5O2. The van der Waals surface area contributed by atoms with Gasteiger partial charge in [-0.25, -0.2) is 9.66 Å². The van der Waals surface area contributed by atoms with Gasteiger partial charge in [0.2, 0.25) is 6.41 Å². The molecule has 0 atom stereocenters. The summed E-state index contributed by atoms with van der Waals surface area (Å²) in [6.07, 6.45) is 2.27. The van der Waals surface area contributed by atoms with Crippen molar-refractivity contribution in [2.24, 2.45) is 0 Å². The van der Waals surface area contributed by atoms with Crippen molar-refractivity contribution in [3.8, 4) is 0 Å². The number of H-pyrrole nitrogens is 1. The Bertz CT molecular complexity index is 1360. The zero-order valence-corrected chi connectivity index (χ0v) is 18.3. The van der Waals surface area contributed by atoms with E-state index in [0.717, 1.165) is 16.7 Å². The normalized spacial score (nSPS) is 11.3. The van der Waals surface area contributed by atoms with Crippen molar-refractivity contribution in [2.45, 2.75) is 12.1 Å². The lowest BCUT2D eigenvalue weighted by Gasteiger charge is -2.38. The molecule has 1 amide bonds. The third-order valence-electron chi connectivity index (χ3n) is 5.90. The fourth-order valence-corrected chi connectivity index (χ4v) is 4.34. The second-order valence-corrected chi connectivity index (χ2v) is 7.87. The summed E-state index contributed by atoms with van der Waals surface area (Å²) in [4.78, 5) is 32.4. The highest BCUT2D eigenvalue weighted by Gasteiger charge is 2.37. The van der Waals surface area contributed by atoms with E-state index in [1.54, 1.807) is 12.3 Å². The molecule has 0 aliphatic rings. The average molecular weight is 450 g/mol. The van der Waals surface area contributed by atoms with Gasteiger partial charge in [-0.05, 0) is 22.8 Å². The van der Waals surface area contributed by atoms with E-state index in [4.69, 9.17) is 0 Å². The van der Waals surface area contributed by atoms with Crippen LogP contribution in [0.25, 0.3) is 11.0 Å². The van der Waals surface area contributed by atoms with Gasteiger partial charge in [0.05, 0.1) is 11.9 Å². The van der Waals surface area contributed by atoms with E-state index in [0.29, 0.717) is 23.3 Å². The van der Waals surface area contributed by atoms with Crippen LogP contribution in [0.5, 0.6) is 0 Å². The summed E-state index contributed by atoms with van der Waals surface area (Å²) in [7, 11) is 0. The molecule has 0 saturated carbocycles. The number of carbonyl (C=O) groups excluding carboxylic acids is 1. The highest BCUT2D eigenvalue weighted by atomic mass is 16.1. The van der Waals surface area contributed by atoms with Crippen LogP contribution in [0.1, 0.15) is 22.5 Å². The lowest BCUT2D eigenvalue weighted by atomic mass is 9.77. The number of hydrogen-bond acceptors (Lipinski definition) is 4. The first-order valence-corrected chi connectivity index (χ1v) is 10.9. The molecule has 168 valence electrons. The van der Waals surface area contributed by atoms with E-state index in [9.17, 15) is 9.59 Å². The molecule has 7 nitrogen and oxygen atoms in total. The van der Waals surface area contributed by atoms with Crippen LogP contribution in [-0.4, -0.2) is 21.1 Å². The Labute approximate surface area is 196 Å². The van der Waals surface area contributed by atoms with Crippen molar-refractivity contribution >= 4 is 17.4 Å². The van der Waals surface area contributed by atoms with Gasteiger partial charge < -0.3 is 15.7 Å². The molecule has 0 aliphatic carbocycles. The summed E-state index contributed by atoms with van der Waals surface area (Å²) in [5, 5.41) is 3.09. The molecule has 2 heterocycles. The molecule has 0 saturated heterocycles. The zero-order chi connectivity index (χ0) is 23.4. The molecule has 5 rings (SSSR count). The second kappa shape index (κ2) is 9.07. The summed E-state index contributed by atoms with van der Waals surface area (Å²) < 4.78 is 1.44. The van der Waals surface area contributed by atoms with Crippen molar-refractivity contribution < 1.29 is 4.79 Å². The SMILES string of the molecule is O=CNCc1nc2[nH]ccc2c(=O)n1NC(c1ccccc1)(c1ccccc1)c1ccccc1. The third-order valence-corrected chi connectivity index (χ3v) is 5.90. The number of benzene rings is 3. The van der Waals surface area contributed by atoms with E-state index in [2.05, 4.69) is 20.7 Å². The van der Waals surface area contributed by atoms with Crippen molar-refractivity contribution in [1.82, 2.24) is 20.0 Å². The molecule has 0 aliphatic heterocycles. The first-order chi connectivity index (χ1) is 16.7. The topological polar surface area (TPSA) is 91.8 Å². The van der Waals surface area contributed by atoms with Gasteiger partial charge in [-0.2, -0.15) is 0 Å². The first kappa shape index (κ1) is 21.2. The van der Waals surface area contributed by atoms with Gasteiger partial charge in [-0.3, -0.25) is 9.59 Å². The van der Waals surface area contributed by atoms with Gasteiger partial charge in [0.25, 0.3) is 5.56 Å². The second-order valence-electron chi connectivity index (χ2n) is 7.87. The van der Waals surface area contributed by atoms with Crippen LogP contribution in [-0.2, 0) is 16.9 Å². The lowest BCUT2D eigenvalue weighted by Crippen LogP contribution is -2.48. The number of aromatic amines is 1. The molecule has 3 aromatic carbocycles. The van der Waals surface area contributed by atoms with E-state index in [-0.39, 0.29) is 12.1 Å². The standard InChI is InChI=1S/C27H23N5O2/c33-19-28-18-24-30-25-23(16-17-29-25)26(34)32(24)31-27(20-10-4-1-5-11-20,21-12-6-2-7-13-21)22-14-8-3-9-15-22/h1-17,19,29,31H,18H2,(H,28,33). The Morgan fingerprint density at radius 2 is 1.35 bits per heavy atom. The maximum atomic E-state index is 13.7. The average Bonchev–Trinajstić information content (AvgIpc) is 3.38. The largest absolute Gasteiger partial charge is 0.351 e. The molecule has 3 N–H and O–H groups in total. The fraction of sp³-hybridized carbons (Fsp3) is 0.0741. The summed E-state index contributed by atoms with van der Waals surface area (Å²) >= 11 is 0. The molecule has 0 spiro atoms. The lowest BCUT2D eigenvalue weighted by molar-refractivity contribution is -0.109. The van der Waals surface area contributed by atoms with Crippen LogP contribution in [0.15, 0.2) is 108 Å². The number of carbonyl (C=O) groups is 1. The zero-order valence-electron chi connectivity index (χ0n) is 18.3. The van der Waals surface area contributed by atoms with E-state index in [1.807, 2.05) is 91.0 Å². The van der Waals surface area contributed by atoms with Crippen molar-refractivity contribution in [3.05, 3.63) is 136 Å². The maximum Gasteiger partial charge on any atom is 0.281 e. The van der Waals surface area contributed by atoms with Gasteiger partial charge in [0.1, 0.15) is 11.2 Å². The minimum Gasteiger partial charge on any atom is -0.351 e. The number of nitrogens with zero attached hydrogens (tertiary/aromatic N) is 2. The summed E-state index contributed by atoms with van der Waals surface area (Å²) in [5.74, 6) is 0.374. The van der Waals surface area contributed by atoms with Gasteiger partial charge in [0.15, 0.2) is 5.82 Å². The van der Waals surface area contributed by atoms with Crippen LogP contribution in [0.3, 0.4) is 0 Å².